The van der Waals surface area contributed by atoms with Gasteiger partial charge in [-0.3, -0.25) is 4.90 Å². The van der Waals surface area contributed by atoms with Crippen LogP contribution in [-0.4, -0.2) is 62.5 Å². The number of halogens is 1. The summed E-state index contributed by atoms with van der Waals surface area (Å²) < 4.78 is 5.36. The highest BCUT2D eigenvalue weighted by Crippen LogP contribution is 2.31. The molecule has 0 amide bonds. The standard InChI is InChI=1S/C17H25ClN4OS/c18-14-3-4-16(22-6-1-2-7-22)15(13-14)20-17(24)19-5-8-21-9-11-23-12-10-21/h3-4,13H,1-2,5-12H2,(H2,19,20,24). The van der Waals surface area contributed by atoms with Gasteiger partial charge < -0.3 is 20.3 Å². The summed E-state index contributed by atoms with van der Waals surface area (Å²) in [6.45, 7) is 7.62. The predicted octanol–water partition coefficient (Wildman–Crippen LogP) is 2.56. The Morgan fingerprint density at radius 1 is 1.17 bits per heavy atom. The lowest BCUT2D eigenvalue weighted by atomic mass is 10.2. The van der Waals surface area contributed by atoms with Gasteiger partial charge in [-0.2, -0.15) is 0 Å². The number of rotatable bonds is 5. The molecule has 3 rings (SSSR count). The molecule has 2 fully saturated rings. The van der Waals surface area contributed by atoms with Crippen LogP contribution in [0.5, 0.6) is 0 Å². The summed E-state index contributed by atoms with van der Waals surface area (Å²) in [6, 6.07) is 5.97. The maximum Gasteiger partial charge on any atom is 0.170 e. The highest BCUT2D eigenvalue weighted by atomic mass is 35.5. The number of thiocarbonyl (C=S) groups is 1. The van der Waals surface area contributed by atoms with Crippen molar-refractivity contribution in [3.8, 4) is 0 Å². The highest BCUT2D eigenvalue weighted by molar-refractivity contribution is 7.80. The van der Waals surface area contributed by atoms with Crippen LogP contribution in [0.25, 0.3) is 0 Å². The number of benzene rings is 1. The number of hydrogen-bond acceptors (Lipinski definition) is 4. The molecule has 132 valence electrons. The summed E-state index contributed by atoms with van der Waals surface area (Å²) in [7, 11) is 0. The summed E-state index contributed by atoms with van der Waals surface area (Å²) in [5.74, 6) is 0. The average molecular weight is 369 g/mol. The molecule has 0 spiro atoms. The molecule has 1 aromatic carbocycles. The van der Waals surface area contributed by atoms with Crippen molar-refractivity contribution in [2.75, 3.05) is 62.7 Å². The number of morpholine rings is 1. The minimum Gasteiger partial charge on any atom is -0.379 e. The van der Waals surface area contributed by atoms with Gasteiger partial charge in [-0.05, 0) is 43.3 Å². The van der Waals surface area contributed by atoms with Crippen LogP contribution in [-0.2, 0) is 4.74 Å². The third kappa shape index (κ3) is 4.96. The molecule has 0 atom stereocenters. The molecular formula is C17H25ClN4OS. The molecular weight excluding hydrogens is 344 g/mol. The van der Waals surface area contributed by atoms with Crippen LogP contribution in [0.1, 0.15) is 12.8 Å². The fourth-order valence-electron chi connectivity index (χ4n) is 3.16. The summed E-state index contributed by atoms with van der Waals surface area (Å²) in [5, 5.41) is 7.97. The molecule has 5 nitrogen and oxygen atoms in total. The van der Waals surface area contributed by atoms with E-state index >= 15 is 0 Å². The Morgan fingerprint density at radius 3 is 2.67 bits per heavy atom. The minimum absolute atomic E-state index is 0.644. The molecule has 2 aliphatic rings. The molecule has 0 radical (unpaired) electrons. The van der Waals surface area contributed by atoms with Crippen LogP contribution in [0.3, 0.4) is 0 Å². The Bertz CT molecular complexity index is 560. The van der Waals surface area contributed by atoms with Crippen molar-refractivity contribution >= 4 is 40.3 Å². The van der Waals surface area contributed by atoms with Crippen LogP contribution >= 0.6 is 23.8 Å². The third-order valence-corrected chi connectivity index (χ3v) is 4.95. The Labute approximate surface area is 154 Å². The van der Waals surface area contributed by atoms with Crippen molar-refractivity contribution in [1.29, 1.82) is 0 Å². The highest BCUT2D eigenvalue weighted by Gasteiger charge is 2.16. The molecule has 2 N–H and O–H groups in total. The molecule has 7 heteroatoms. The third-order valence-electron chi connectivity index (χ3n) is 4.47. The van der Waals surface area contributed by atoms with Gasteiger partial charge in [0.15, 0.2) is 5.11 Å². The lowest BCUT2D eigenvalue weighted by Gasteiger charge is -2.27. The Balaban J connectivity index is 1.52. The van der Waals surface area contributed by atoms with E-state index in [-0.39, 0.29) is 0 Å². The monoisotopic (exact) mass is 368 g/mol. The second-order valence-corrected chi connectivity index (χ2v) is 7.04. The first-order valence-electron chi connectivity index (χ1n) is 8.62. The molecule has 0 saturated carbocycles. The van der Waals surface area contributed by atoms with Crippen LogP contribution < -0.4 is 15.5 Å². The lowest BCUT2D eigenvalue weighted by molar-refractivity contribution is 0.0389. The number of nitrogens with zero attached hydrogens (tertiary/aromatic N) is 2. The van der Waals surface area contributed by atoms with Crippen molar-refractivity contribution in [3.05, 3.63) is 23.2 Å². The molecule has 0 unspecified atom stereocenters. The van der Waals surface area contributed by atoms with Crippen LogP contribution in [0.15, 0.2) is 18.2 Å². The van der Waals surface area contributed by atoms with E-state index < -0.39 is 0 Å². The van der Waals surface area contributed by atoms with Crippen LogP contribution in [0.4, 0.5) is 11.4 Å². The summed E-state index contributed by atoms with van der Waals surface area (Å²) >= 11 is 11.6. The Kier molecular flexibility index (Phi) is 6.54. The Morgan fingerprint density at radius 2 is 1.92 bits per heavy atom. The van der Waals surface area contributed by atoms with Crippen molar-refractivity contribution in [2.24, 2.45) is 0 Å². The van der Waals surface area contributed by atoms with Gasteiger partial charge in [-0.1, -0.05) is 11.6 Å². The number of anilines is 2. The van der Waals surface area contributed by atoms with Gasteiger partial charge in [0, 0.05) is 44.3 Å². The maximum atomic E-state index is 6.17. The summed E-state index contributed by atoms with van der Waals surface area (Å²) in [6.07, 6.45) is 2.48. The average Bonchev–Trinajstić information content (AvgIpc) is 3.10. The second kappa shape index (κ2) is 8.85. The van der Waals surface area contributed by atoms with E-state index in [1.165, 1.54) is 18.5 Å². The van der Waals surface area contributed by atoms with Crippen molar-refractivity contribution in [3.63, 3.8) is 0 Å². The summed E-state index contributed by atoms with van der Waals surface area (Å²) in [4.78, 5) is 4.77. The van der Waals surface area contributed by atoms with E-state index in [2.05, 4.69) is 26.5 Å². The molecule has 1 aromatic rings. The smallest absolute Gasteiger partial charge is 0.170 e. The van der Waals surface area contributed by atoms with E-state index in [0.717, 1.165) is 63.2 Å². The zero-order valence-corrected chi connectivity index (χ0v) is 15.5. The lowest BCUT2D eigenvalue weighted by Crippen LogP contribution is -2.42. The van der Waals surface area contributed by atoms with Gasteiger partial charge in [-0.25, -0.2) is 0 Å². The van der Waals surface area contributed by atoms with Gasteiger partial charge in [-0.15, -0.1) is 0 Å². The SMILES string of the molecule is S=C(NCCN1CCOCC1)Nc1cc(Cl)ccc1N1CCCC1. The largest absolute Gasteiger partial charge is 0.379 e. The molecule has 0 bridgehead atoms. The zero-order valence-electron chi connectivity index (χ0n) is 13.9. The topological polar surface area (TPSA) is 39.8 Å². The number of hydrogen-bond donors (Lipinski definition) is 2. The van der Waals surface area contributed by atoms with Crippen molar-refractivity contribution in [2.45, 2.75) is 12.8 Å². The fraction of sp³-hybridized carbons (Fsp3) is 0.588. The van der Waals surface area contributed by atoms with E-state index in [4.69, 9.17) is 28.6 Å². The first kappa shape index (κ1) is 17.7. The molecule has 0 aromatic heterocycles. The maximum absolute atomic E-state index is 6.17. The molecule has 2 saturated heterocycles. The quantitative estimate of drug-likeness (QED) is 0.778. The van der Waals surface area contributed by atoms with Gasteiger partial charge >= 0.3 is 0 Å². The van der Waals surface area contributed by atoms with Crippen LogP contribution in [0.2, 0.25) is 5.02 Å². The van der Waals surface area contributed by atoms with Gasteiger partial charge in [0.2, 0.25) is 0 Å². The molecule has 2 aliphatic heterocycles. The first-order chi connectivity index (χ1) is 11.7. The van der Waals surface area contributed by atoms with Gasteiger partial charge in [0.05, 0.1) is 24.6 Å². The number of ether oxygens (including phenoxy) is 1. The van der Waals surface area contributed by atoms with Gasteiger partial charge in [0.25, 0.3) is 0 Å². The van der Waals surface area contributed by atoms with E-state index in [0.29, 0.717) is 5.11 Å². The van der Waals surface area contributed by atoms with Gasteiger partial charge in [0.1, 0.15) is 0 Å². The Hall–Kier alpha value is -1.08. The number of nitrogens with one attached hydrogen (secondary N) is 2. The van der Waals surface area contributed by atoms with Crippen LogP contribution in [0, 0.1) is 0 Å². The summed E-state index contributed by atoms with van der Waals surface area (Å²) in [5.41, 5.74) is 2.16. The normalized spacial score (nSPS) is 18.6. The molecule has 2 heterocycles. The van der Waals surface area contributed by atoms with E-state index in [1.807, 2.05) is 12.1 Å². The van der Waals surface area contributed by atoms with E-state index in [9.17, 15) is 0 Å². The van der Waals surface area contributed by atoms with E-state index in [1.54, 1.807) is 0 Å². The minimum atomic E-state index is 0.644. The molecule has 24 heavy (non-hydrogen) atoms. The van der Waals surface area contributed by atoms with Crippen molar-refractivity contribution < 1.29 is 4.74 Å². The zero-order chi connectivity index (χ0) is 16.8. The second-order valence-electron chi connectivity index (χ2n) is 6.19. The first-order valence-corrected chi connectivity index (χ1v) is 9.40. The van der Waals surface area contributed by atoms with Crippen molar-refractivity contribution in [1.82, 2.24) is 10.2 Å². The fourth-order valence-corrected chi connectivity index (χ4v) is 3.55. The molecule has 0 aliphatic carbocycles. The predicted molar refractivity (Wildman–Crippen MR) is 104 cm³/mol.